The van der Waals surface area contributed by atoms with Gasteiger partial charge in [0.05, 0.1) is 13.1 Å². The Morgan fingerprint density at radius 3 is 2.78 bits per heavy atom. The van der Waals surface area contributed by atoms with E-state index in [0.717, 1.165) is 10.4 Å². The summed E-state index contributed by atoms with van der Waals surface area (Å²) in [7, 11) is 0. The molecule has 0 radical (unpaired) electrons. The largest absolute Gasteiger partial charge is 0.383 e. The van der Waals surface area contributed by atoms with Gasteiger partial charge in [0.25, 0.3) is 0 Å². The number of nitrogens with zero attached hydrogens (tertiary/aromatic N) is 1. The molecule has 0 spiro atoms. The second kappa shape index (κ2) is 8.08. The molecule has 0 saturated heterocycles. The van der Waals surface area contributed by atoms with Gasteiger partial charge in [-0.05, 0) is 43.0 Å². The zero-order valence-corrected chi connectivity index (χ0v) is 14.2. The smallest absolute Gasteiger partial charge is 0.191 e. The summed E-state index contributed by atoms with van der Waals surface area (Å²) in [6.45, 7) is 5.14. The molecular formula is C17H22FN3OS. The van der Waals surface area contributed by atoms with Gasteiger partial charge < -0.3 is 15.7 Å². The molecule has 4 nitrogen and oxygen atoms in total. The minimum Gasteiger partial charge on any atom is -0.383 e. The number of aliphatic imine (C=N–C) groups is 1. The van der Waals surface area contributed by atoms with Crippen molar-refractivity contribution in [2.45, 2.75) is 26.0 Å². The molecule has 1 aromatic heterocycles. The van der Waals surface area contributed by atoms with Crippen molar-refractivity contribution in [2.24, 2.45) is 4.99 Å². The van der Waals surface area contributed by atoms with Crippen LogP contribution in [-0.2, 0) is 12.1 Å². The maximum atomic E-state index is 13.2. The fraction of sp³-hybridized carbons (Fsp3) is 0.353. The summed E-state index contributed by atoms with van der Waals surface area (Å²) in [6.07, 6.45) is 0. The van der Waals surface area contributed by atoms with E-state index in [-0.39, 0.29) is 5.82 Å². The number of hydrogen-bond donors (Lipinski definition) is 3. The molecule has 0 aliphatic carbocycles. The van der Waals surface area contributed by atoms with E-state index < -0.39 is 5.60 Å². The zero-order chi connectivity index (χ0) is 16.7. The summed E-state index contributed by atoms with van der Waals surface area (Å²) in [6, 6.07) is 10.2. The number of rotatable bonds is 6. The first-order valence-corrected chi connectivity index (χ1v) is 8.42. The van der Waals surface area contributed by atoms with E-state index in [4.69, 9.17) is 0 Å². The Morgan fingerprint density at radius 2 is 2.13 bits per heavy atom. The van der Waals surface area contributed by atoms with Crippen LogP contribution in [0.1, 0.15) is 24.3 Å². The predicted octanol–water partition coefficient (Wildman–Crippen LogP) is 2.85. The van der Waals surface area contributed by atoms with Crippen LogP contribution in [0, 0.1) is 5.82 Å². The minimum absolute atomic E-state index is 0.267. The molecule has 0 aliphatic heterocycles. The van der Waals surface area contributed by atoms with Gasteiger partial charge >= 0.3 is 0 Å². The third-order valence-electron chi connectivity index (χ3n) is 3.31. The van der Waals surface area contributed by atoms with Crippen LogP contribution in [0.25, 0.3) is 0 Å². The van der Waals surface area contributed by atoms with E-state index in [9.17, 15) is 9.50 Å². The summed E-state index contributed by atoms with van der Waals surface area (Å²) in [5.74, 6) is 0.324. The molecule has 6 heteroatoms. The van der Waals surface area contributed by atoms with Crippen LogP contribution in [0.3, 0.4) is 0 Å². The third kappa shape index (κ3) is 5.33. The van der Waals surface area contributed by atoms with Crippen LogP contribution in [0.2, 0.25) is 0 Å². The molecule has 1 unspecified atom stereocenters. The quantitative estimate of drug-likeness (QED) is 0.562. The van der Waals surface area contributed by atoms with Crippen molar-refractivity contribution in [2.75, 3.05) is 13.1 Å². The highest BCUT2D eigenvalue weighted by molar-refractivity contribution is 7.10. The molecule has 0 fully saturated rings. The fourth-order valence-electron chi connectivity index (χ4n) is 2.08. The summed E-state index contributed by atoms with van der Waals surface area (Å²) in [5.41, 5.74) is -0.171. The maximum Gasteiger partial charge on any atom is 0.191 e. The van der Waals surface area contributed by atoms with Crippen LogP contribution in [0.5, 0.6) is 0 Å². The van der Waals surface area contributed by atoms with Crippen molar-refractivity contribution < 1.29 is 9.50 Å². The number of guanidine groups is 1. The topological polar surface area (TPSA) is 56.7 Å². The molecular weight excluding hydrogens is 313 g/mol. The van der Waals surface area contributed by atoms with E-state index >= 15 is 0 Å². The number of benzene rings is 1. The Bertz CT molecular complexity index is 641. The van der Waals surface area contributed by atoms with Crippen LogP contribution >= 0.6 is 11.3 Å². The average Bonchev–Trinajstić information content (AvgIpc) is 3.05. The van der Waals surface area contributed by atoms with Gasteiger partial charge in [-0.25, -0.2) is 9.38 Å². The Kier molecular flexibility index (Phi) is 6.12. The summed E-state index contributed by atoms with van der Waals surface area (Å²) >= 11 is 1.51. The van der Waals surface area contributed by atoms with Crippen LogP contribution in [-0.4, -0.2) is 24.2 Å². The highest BCUT2D eigenvalue weighted by atomic mass is 32.1. The predicted molar refractivity (Wildman–Crippen MR) is 93.1 cm³/mol. The van der Waals surface area contributed by atoms with Crippen molar-refractivity contribution >= 4 is 17.3 Å². The second-order valence-corrected chi connectivity index (χ2v) is 6.38. The lowest BCUT2D eigenvalue weighted by molar-refractivity contribution is 0.0655. The van der Waals surface area contributed by atoms with Gasteiger partial charge in [-0.2, -0.15) is 0 Å². The number of aliphatic hydroxyl groups is 1. The summed E-state index contributed by atoms with van der Waals surface area (Å²) in [5, 5.41) is 18.7. The van der Waals surface area contributed by atoms with Crippen molar-refractivity contribution in [3.8, 4) is 0 Å². The van der Waals surface area contributed by atoms with Gasteiger partial charge in [0.15, 0.2) is 5.96 Å². The van der Waals surface area contributed by atoms with Crippen LogP contribution in [0.4, 0.5) is 4.39 Å². The van der Waals surface area contributed by atoms with Crippen molar-refractivity contribution in [3.05, 3.63) is 58.0 Å². The van der Waals surface area contributed by atoms with Crippen LogP contribution < -0.4 is 10.6 Å². The normalized spacial score (nSPS) is 14.3. The monoisotopic (exact) mass is 335 g/mol. The first kappa shape index (κ1) is 17.4. The van der Waals surface area contributed by atoms with E-state index in [1.54, 1.807) is 13.0 Å². The standard InChI is InChI=1S/C17H22FN3OS/c1-3-19-16(20-11-13-6-4-7-14(18)10-13)21-12-17(2,22)15-8-5-9-23-15/h4-10,22H,3,11-12H2,1-2H3,(H2,19,20,21). The van der Waals surface area contributed by atoms with E-state index in [1.807, 2.05) is 30.5 Å². The first-order chi connectivity index (χ1) is 11.0. The molecule has 2 aromatic rings. The third-order valence-corrected chi connectivity index (χ3v) is 4.43. The molecule has 2 rings (SSSR count). The Morgan fingerprint density at radius 1 is 1.30 bits per heavy atom. The number of halogens is 1. The minimum atomic E-state index is -0.969. The SMILES string of the molecule is CCNC(=NCc1cccc(F)c1)NCC(C)(O)c1cccs1. The summed E-state index contributed by atoms with van der Waals surface area (Å²) in [4.78, 5) is 5.32. The maximum absolute atomic E-state index is 13.2. The number of nitrogens with one attached hydrogen (secondary N) is 2. The molecule has 124 valence electrons. The molecule has 1 heterocycles. The Labute approximate surface area is 140 Å². The molecule has 0 aliphatic rings. The lowest BCUT2D eigenvalue weighted by atomic mass is 10.1. The van der Waals surface area contributed by atoms with Crippen molar-refractivity contribution in [1.29, 1.82) is 0 Å². The van der Waals surface area contributed by atoms with Gasteiger partial charge in [-0.3, -0.25) is 0 Å². The molecule has 23 heavy (non-hydrogen) atoms. The van der Waals surface area contributed by atoms with Gasteiger partial charge in [-0.15, -0.1) is 11.3 Å². The number of thiophene rings is 1. The lowest BCUT2D eigenvalue weighted by Gasteiger charge is -2.23. The highest BCUT2D eigenvalue weighted by Gasteiger charge is 2.24. The van der Waals surface area contributed by atoms with E-state index in [1.165, 1.54) is 23.5 Å². The van der Waals surface area contributed by atoms with Gasteiger partial charge in [0.2, 0.25) is 0 Å². The molecule has 0 saturated carbocycles. The van der Waals surface area contributed by atoms with Crippen molar-refractivity contribution in [1.82, 2.24) is 10.6 Å². The molecule has 1 aromatic carbocycles. The fourth-order valence-corrected chi connectivity index (χ4v) is 2.86. The Hall–Kier alpha value is -1.92. The molecule has 0 bridgehead atoms. The van der Waals surface area contributed by atoms with Gasteiger partial charge in [0.1, 0.15) is 11.4 Å². The van der Waals surface area contributed by atoms with E-state index in [2.05, 4.69) is 15.6 Å². The van der Waals surface area contributed by atoms with Gasteiger partial charge in [-0.1, -0.05) is 18.2 Å². The van der Waals surface area contributed by atoms with Crippen molar-refractivity contribution in [3.63, 3.8) is 0 Å². The highest BCUT2D eigenvalue weighted by Crippen LogP contribution is 2.24. The lowest BCUT2D eigenvalue weighted by Crippen LogP contribution is -2.44. The summed E-state index contributed by atoms with van der Waals surface area (Å²) < 4.78 is 13.2. The number of hydrogen-bond acceptors (Lipinski definition) is 3. The van der Waals surface area contributed by atoms with Crippen LogP contribution in [0.15, 0.2) is 46.8 Å². The second-order valence-electron chi connectivity index (χ2n) is 5.43. The first-order valence-electron chi connectivity index (χ1n) is 7.54. The molecule has 0 amide bonds. The zero-order valence-electron chi connectivity index (χ0n) is 13.3. The van der Waals surface area contributed by atoms with Gasteiger partial charge in [0, 0.05) is 11.4 Å². The average molecular weight is 335 g/mol. The Balaban J connectivity index is 1.99. The molecule has 3 N–H and O–H groups in total. The molecule has 1 atom stereocenters. The van der Waals surface area contributed by atoms with E-state index in [0.29, 0.717) is 25.6 Å².